The molecule has 0 unspecified atom stereocenters. The zero-order chi connectivity index (χ0) is 21.4. The van der Waals surface area contributed by atoms with Crippen LogP contribution in [0.2, 0.25) is 0 Å². The molecule has 0 saturated heterocycles. The molecule has 31 heavy (non-hydrogen) atoms. The first kappa shape index (κ1) is 19.9. The van der Waals surface area contributed by atoms with Gasteiger partial charge >= 0.3 is 0 Å². The first-order chi connectivity index (χ1) is 15.1. The molecule has 1 aromatic carbocycles. The summed E-state index contributed by atoms with van der Waals surface area (Å²) in [5.74, 6) is -0.209. The van der Waals surface area contributed by atoms with Crippen LogP contribution >= 0.6 is 0 Å². The van der Waals surface area contributed by atoms with E-state index in [2.05, 4.69) is 5.32 Å². The quantitative estimate of drug-likeness (QED) is 0.634. The van der Waals surface area contributed by atoms with Crippen molar-refractivity contribution in [3.63, 3.8) is 0 Å². The summed E-state index contributed by atoms with van der Waals surface area (Å²) in [5, 5.41) is 3.30. The normalized spacial score (nSPS) is 22.4. The lowest BCUT2D eigenvalue weighted by Crippen LogP contribution is -2.64. The molecule has 3 aromatic rings. The number of nitrogens with one attached hydrogen (secondary N) is 1. The van der Waals surface area contributed by atoms with Crippen LogP contribution in [0.15, 0.2) is 53.1 Å². The van der Waals surface area contributed by atoms with E-state index in [0.717, 1.165) is 36.8 Å². The van der Waals surface area contributed by atoms with Crippen molar-refractivity contribution < 1.29 is 14.0 Å². The van der Waals surface area contributed by atoms with E-state index in [1.165, 1.54) is 12.8 Å². The molecule has 0 bridgehead atoms. The Morgan fingerprint density at radius 3 is 2.61 bits per heavy atom. The molecule has 6 heteroatoms. The molecule has 0 radical (unpaired) electrons. The molecule has 5 rings (SSSR count). The molecule has 6 nitrogen and oxygen atoms in total. The molecule has 1 atom stereocenters. The van der Waals surface area contributed by atoms with E-state index < -0.39 is 5.54 Å². The summed E-state index contributed by atoms with van der Waals surface area (Å²) in [6.07, 6.45) is 8.39. The van der Waals surface area contributed by atoms with Crippen LogP contribution < -0.4 is 5.32 Å². The van der Waals surface area contributed by atoms with Crippen LogP contribution in [-0.2, 0) is 17.9 Å². The minimum absolute atomic E-state index is 0.0697. The van der Waals surface area contributed by atoms with Gasteiger partial charge in [-0.1, -0.05) is 56.0 Å². The number of rotatable bonds is 4. The highest BCUT2D eigenvalue weighted by Crippen LogP contribution is 2.34. The molecular weight excluding hydrogens is 390 g/mol. The van der Waals surface area contributed by atoms with Crippen molar-refractivity contribution in [3.05, 3.63) is 60.0 Å². The van der Waals surface area contributed by atoms with Gasteiger partial charge in [0.05, 0.1) is 18.3 Å². The molecule has 2 aliphatic rings. The number of aromatic nitrogens is 1. The van der Waals surface area contributed by atoms with E-state index in [1.807, 2.05) is 47.9 Å². The van der Waals surface area contributed by atoms with E-state index in [9.17, 15) is 9.59 Å². The van der Waals surface area contributed by atoms with E-state index in [-0.39, 0.29) is 17.9 Å². The number of hydrogen-bond donors (Lipinski definition) is 1. The zero-order valence-corrected chi connectivity index (χ0v) is 18.0. The lowest BCUT2D eigenvalue weighted by atomic mass is 9.93. The number of amides is 2. The fourth-order valence-electron chi connectivity index (χ4n) is 5.05. The SMILES string of the molecule is C[C@]1(C(=O)NC2CCCCCC2)Cn2c(cc3occc32)C(=O)N1Cc1ccccc1. The second-order valence-corrected chi connectivity index (χ2v) is 9.10. The van der Waals surface area contributed by atoms with Crippen molar-refractivity contribution >= 4 is 22.9 Å². The van der Waals surface area contributed by atoms with Gasteiger partial charge in [0.25, 0.3) is 5.91 Å². The number of carbonyl (C=O) groups is 2. The number of benzene rings is 1. The van der Waals surface area contributed by atoms with Gasteiger partial charge in [-0.25, -0.2) is 0 Å². The molecule has 1 aliphatic carbocycles. The van der Waals surface area contributed by atoms with Crippen LogP contribution in [0.1, 0.15) is 61.5 Å². The molecule has 162 valence electrons. The van der Waals surface area contributed by atoms with Gasteiger partial charge in [-0.3, -0.25) is 9.59 Å². The standard InChI is InChI=1S/C25H29N3O3/c1-25(24(30)26-19-11-7-2-3-8-12-19)17-27-20-13-14-31-22(20)15-21(27)23(29)28(25)16-18-9-5-4-6-10-18/h4-6,9-10,13-15,19H,2-3,7-8,11-12,16-17H2,1H3,(H,26,30)/t25-/m1/s1. The Morgan fingerprint density at radius 1 is 1.13 bits per heavy atom. The monoisotopic (exact) mass is 419 g/mol. The first-order valence-corrected chi connectivity index (χ1v) is 11.3. The summed E-state index contributed by atoms with van der Waals surface area (Å²) < 4.78 is 7.48. The van der Waals surface area contributed by atoms with Crippen LogP contribution in [0.5, 0.6) is 0 Å². The van der Waals surface area contributed by atoms with Gasteiger partial charge in [-0.05, 0) is 25.3 Å². The van der Waals surface area contributed by atoms with Crippen molar-refractivity contribution in [1.82, 2.24) is 14.8 Å². The van der Waals surface area contributed by atoms with Gasteiger partial charge in [0, 0.05) is 24.7 Å². The molecule has 3 heterocycles. The largest absolute Gasteiger partial charge is 0.463 e. The third-order valence-corrected chi connectivity index (χ3v) is 6.91. The molecule has 1 N–H and O–H groups in total. The fraction of sp³-hybridized carbons (Fsp3) is 0.440. The number of carbonyl (C=O) groups excluding carboxylic acids is 2. The Balaban J connectivity index is 1.51. The third-order valence-electron chi connectivity index (χ3n) is 6.91. The summed E-state index contributed by atoms with van der Waals surface area (Å²) in [6, 6.07) is 13.7. The number of furan rings is 1. The summed E-state index contributed by atoms with van der Waals surface area (Å²) in [6.45, 7) is 2.69. The van der Waals surface area contributed by atoms with Gasteiger partial charge < -0.3 is 19.2 Å². The highest BCUT2D eigenvalue weighted by atomic mass is 16.3. The van der Waals surface area contributed by atoms with Crippen LogP contribution in [0.25, 0.3) is 11.1 Å². The van der Waals surface area contributed by atoms with Crippen molar-refractivity contribution in [2.45, 2.75) is 70.1 Å². The Labute approximate surface area is 182 Å². The smallest absolute Gasteiger partial charge is 0.271 e. The average Bonchev–Trinajstić information content (AvgIpc) is 3.26. The fourth-order valence-corrected chi connectivity index (χ4v) is 5.05. The van der Waals surface area contributed by atoms with Crippen molar-refractivity contribution in [2.24, 2.45) is 0 Å². The molecule has 1 aliphatic heterocycles. The second kappa shape index (κ2) is 7.91. The maximum absolute atomic E-state index is 13.7. The van der Waals surface area contributed by atoms with Crippen LogP contribution in [0, 0.1) is 0 Å². The second-order valence-electron chi connectivity index (χ2n) is 9.10. The number of nitrogens with zero attached hydrogens (tertiary/aromatic N) is 2. The van der Waals surface area contributed by atoms with E-state index in [1.54, 1.807) is 17.2 Å². The molecule has 1 fully saturated rings. The Morgan fingerprint density at radius 2 is 1.87 bits per heavy atom. The van der Waals surface area contributed by atoms with E-state index >= 15 is 0 Å². The van der Waals surface area contributed by atoms with Crippen molar-refractivity contribution in [2.75, 3.05) is 0 Å². The van der Waals surface area contributed by atoms with Gasteiger partial charge in [0.1, 0.15) is 11.2 Å². The lowest BCUT2D eigenvalue weighted by molar-refractivity contribution is -0.134. The van der Waals surface area contributed by atoms with Crippen molar-refractivity contribution in [3.8, 4) is 0 Å². The summed E-state index contributed by atoms with van der Waals surface area (Å²) in [5.41, 5.74) is 2.13. The predicted octanol–water partition coefficient (Wildman–Crippen LogP) is 4.49. The van der Waals surface area contributed by atoms with Gasteiger partial charge in [0.2, 0.25) is 5.91 Å². The van der Waals surface area contributed by atoms with Gasteiger partial charge in [0.15, 0.2) is 5.58 Å². The lowest BCUT2D eigenvalue weighted by Gasteiger charge is -2.44. The Bertz CT molecular complexity index is 1090. The number of hydrogen-bond acceptors (Lipinski definition) is 3. The maximum Gasteiger partial charge on any atom is 0.271 e. The number of fused-ring (bicyclic) bond motifs is 3. The summed E-state index contributed by atoms with van der Waals surface area (Å²) in [7, 11) is 0. The minimum atomic E-state index is -0.991. The Kier molecular flexibility index (Phi) is 5.08. The average molecular weight is 420 g/mol. The van der Waals surface area contributed by atoms with Gasteiger partial charge in [-0.15, -0.1) is 0 Å². The van der Waals surface area contributed by atoms with E-state index in [0.29, 0.717) is 24.4 Å². The van der Waals surface area contributed by atoms with Gasteiger partial charge in [-0.2, -0.15) is 0 Å². The highest BCUT2D eigenvalue weighted by Gasteiger charge is 2.48. The Hall–Kier alpha value is -3.02. The maximum atomic E-state index is 13.7. The third kappa shape index (κ3) is 3.54. The molecular formula is C25H29N3O3. The first-order valence-electron chi connectivity index (χ1n) is 11.3. The molecule has 2 aromatic heterocycles. The van der Waals surface area contributed by atoms with Crippen LogP contribution in [-0.4, -0.2) is 32.9 Å². The van der Waals surface area contributed by atoms with Crippen molar-refractivity contribution in [1.29, 1.82) is 0 Å². The van der Waals surface area contributed by atoms with E-state index in [4.69, 9.17) is 4.42 Å². The summed E-state index contributed by atoms with van der Waals surface area (Å²) in [4.78, 5) is 29.1. The predicted molar refractivity (Wildman–Crippen MR) is 119 cm³/mol. The van der Waals surface area contributed by atoms with Crippen LogP contribution in [0.3, 0.4) is 0 Å². The topological polar surface area (TPSA) is 67.5 Å². The molecule has 1 saturated carbocycles. The minimum Gasteiger partial charge on any atom is -0.463 e. The van der Waals surface area contributed by atoms with Crippen LogP contribution in [0.4, 0.5) is 0 Å². The summed E-state index contributed by atoms with van der Waals surface area (Å²) >= 11 is 0. The zero-order valence-electron chi connectivity index (χ0n) is 18.0. The molecule has 0 spiro atoms. The highest BCUT2D eigenvalue weighted by molar-refractivity contribution is 6.02. The molecule has 2 amide bonds.